The van der Waals surface area contributed by atoms with Gasteiger partial charge < -0.3 is 19.3 Å². The van der Waals surface area contributed by atoms with Gasteiger partial charge in [0.2, 0.25) is 11.8 Å². The van der Waals surface area contributed by atoms with Crippen LogP contribution in [-0.2, 0) is 10.3 Å². The Balaban J connectivity index is 1.61. The third-order valence-electron chi connectivity index (χ3n) is 7.24. The molecule has 1 saturated heterocycles. The lowest BCUT2D eigenvalue weighted by molar-refractivity contribution is 0.0218. The maximum Gasteiger partial charge on any atom is 0.340 e. The first-order chi connectivity index (χ1) is 16.6. The number of ether oxygens (including phenoxy) is 2. The van der Waals surface area contributed by atoms with Crippen molar-refractivity contribution < 1.29 is 14.3 Å². The Labute approximate surface area is 199 Å². The van der Waals surface area contributed by atoms with E-state index in [4.69, 9.17) is 19.4 Å². The average molecular weight is 457 g/mol. The Bertz CT molecular complexity index is 1300. The number of hydrogen-bond donors (Lipinski definition) is 0. The molecule has 0 amide bonds. The van der Waals surface area contributed by atoms with Crippen LogP contribution < -0.4 is 14.5 Å². The molecule has 2 aromatic carbocycles. The molecule has 1 unspecified atom stereocenters. The van der Waals surface area contributed by atoms with E-state index in [2.05, 4.69) is 29.7 Å². The Morgan fingerprint density at radius 3 is 2.56 bits per heavy atom. The summed E-state index contributed by atoms with van der Waals surface area (Å²) >= 11 is 0. The summed E-state index contributed by atoms with van der Waals surface area (Å²) in [5, 5.41) is 0. The second kappa shape index (κ2) is 7.72. The summed E-state index contributed by atoms with van der Waals surface area (Å²) in [5.74, 6) is 1.45. The molecule has 34 heavy (non-hydrogen) atoms. The molecule has 1 spiro atoms. The van der Waals surface area contributed by atoms with E-state index in [1.807, 2.05) is 43.3 Å². The number of aryl methyl sites for hydroxylation is 1. The van der Waals surface area contributed by atoms with E-state index in [1.165, 1.54) is 0 Å². The van der Waals surface area contributed by atoms with Gasteiger partial charge in [-0.15, -0.1) is 0 Å². The molecule has 1 atom stereocenters. The van der Waals surface area contributed by atoms with E-state index in [0.717, 1.165) is 61.5 Å². The smallest absolute Gasteiger partial charge is 0.340 e. The van der Waals surface area contributed by atoms with Crippen LogP contribution in [0, 0.1) is 6.92 Å². The van der Waals surface area contributed by atoms with Crippen molar-refractivity contribution in [1.29, 1.82) is 0 Å². The van der Waals surface area contributed by atoms with Gasteiger partial charge in [0, 0.05) is 49.1 Å². The van der Waals surface area contributed by atoms with Gasteiger partial charge >= 0.3 is 5.97 Å². The van der Waals surface area contributed by atoms with Crippen molar-refractivity contribution in [3.63, 3.8) is 0 Å². The van der Waals surface area contributed by atoms with Crippen molar-refractivity contribution in [2.75, 3.05) is 36.0 Å². The minimum absolute atomic E-state index is 0.342. The second-order valence-electron chi connectivity index (χ2n) is 9.05. The maximum absolute atomic E-state index is 13.1. The first-order valence-electron chi connectivity index (χ1n) is 12.1. The molecule has 0 bridgehead atoms. The highest BCUT2D eigenvalue weighted by Crippen LogP contribution is 2.57. The molecule has 1 fully saturated rings. The quantitative estimate of drug-likeness (QED) is 0.523. The summed E-state index contributed by atoms with van der Waals surface area (Å²) in [6.07, 6.45) is 2.26. The second-order valence-corrected chi connectivity index (χ2v) is 9.05. The number of fused-ring (bicyclic) bond motifs is 6. The van der Waals surface area contributed by atoms with Gasteiger partial charge in [-0.2, -0.15) is 4.98 Å². The zero-order valence-electron chi connectivity index (χ0n) is 19.8. The lowest BCUT2D eigenvalue weighted by Gasteiger charge is -2.37. The fourth-order valence-electron chi connectivity index (χ4n) is 5.58. The van der Waals surface area contributed by atoms with Crippen LogP contribution in [0.3, 0.4) is 0 Å². The summed E-state index contributed by atoms with van der Waals surface area (Å²) in [4.78, 5) is 27.3. The summed E-state index contributed by atoms with van der Waals surface area (Å²) in [6, 6.07) is 13.7. The topological polar surface area (TPSA) is 67.8 Å². The Hall–Kier alpha value is -3.61. The SMILES string of the molecule is CCN(CC)c1ccc2c(c1)Oc1nc(N3CCCC3)nc(C)c1C21OC(=O)c2ccccc21. The van der Waals surface area contributed by atoms with Crippen LogP contribution in [-0.4, -0.2) is 42.1 Å². The Kier molecular flexibility index (Phi) is 4.76. The molecule has 3 aliphatic rings. The highest BCUT2D eigenvalue weighted by Gasteiger charge is 2.55. The summed E-state index contributed by atoms with van der Waals surface area (Å²) in [7, 11) is 0. The molecule has 3 aromatic rings. The number of anilines is 2. The minimum Gasteiger partial charge on any atom is -0.440 e. The summed E-state index contributed by atoms with van der Waals surface area (Å²) < 4.78 is 12.8. The fraction of sp³-hybridized carbons (Fsp3) is 0.370. The van der Waals surface area contributed by atoms with Crippen LogP contribution in [0.25, 0.3) is 0 Å². The van der Waals surface area contributed by atoms with Gasteiger partial charge in [-0.25, -0.2) is 9.78 Å². The molecule has 3 aliphatic heterocycles. The standard InChI is InChI=1S/C27H28N4O3/c1-4-30(5-2)18-12-13-21-22(16-18)33-24-23(17(3)28-26(29-24)31-14-8-9-15-31)27(21)20-11-7-6-10-19(20)25(32)34-27/h6-7,10-13,16H,4-5,8-9,14-15H2,1-3H3. The van der Waals surface area contributed by atoms with E-state index in [9.17, 15) is 4.79 Å². The number of rotatable bonds is 4. The third kappa shape index (κ3) is 2.85. The van der Waals surface area contributed by atoms with Gasteiger partial charge in [-0.3, -0.25) is 0 Å². The van der Waals surface area contributed by atoms with Crippen LogP contribution in [0.4, 0.5) is 11.6 Å². The number of esters is 1. The largest absolute Gasteiger partial charge is 0.440 e. The maximum atomic E-state index is 13.1. The lowest BCUT2D eigenvalue weighted by atomic mass is 9.78. The van der Waals surface area contributed by atoms with Crippen molar-refractivity contribution in [1.82, 2.24) is 9.97 Å². The normalized spacial score (nSPS) is 20.0. The van der Waals surface area contributed by atoms with Crippen LogP contribution >= 0.6 is 0 Å². The molecule has 4 heterocycles. The van der Waals surface area contributed by atoms with E-state index >= 15 is 0 Å². The molecule has 7 nitrogen and oxygen atoms in total. The van der Waals surface area contributed by atoms with Crippen LogP contribution in [0.2, 0.25) is 0 Å². The number of aromatic nitrogens is 2. The zero-order chi connectivity index (χ0) is 23.4. The molecule has 6 rings (SSSR count). The monoisotopic (exact) mass is 456 g/mol. The third-order valence-corrected chi connectivity index (χ3v) is 7.24. The number of nitrogens with zero attached hydrogens (tertiary/aromatic N) is 4. The van der Waals surface area contributed by atoms with Crippen LogP contribution in [0.1, 0.15) is 59.4 Å². The van der Waals surface area contributed by atoms with Crippen molar-refractivity contribution in [2.24, 2.45) is 0 Å². The van der Waals surface area contributed by atoms with Crippen LogP contribution in [0.15, 0.2) is 42.5 Å². The lowest BCUT2D eigenvalue weighted by Crippen LogP contribution is -2.35. The van der Waals surface area contributed by atoms with Crippen molar-refractivity contribution >= 4 is 17.6 Å². The van der Waals surface area contributed by atoms with Gasteiger partial charge in [-0.05, 0) is 51.8 Å². The Morgan fingerprint density at radius 1 is 1.03 bits per heavy atom. The average Bonchev–Trinajstić information content (AvgIpc) is 3.48. The van der Waals surface area contributed by atoms with E-state index in [1.54, 1.807) is 0 Å². The van der Waals surface area contributed by atoms with Gasteiger partial charge in [0.25, 0.3) is 0 Å². The fourth-order valence-corrected chi connectivity index (χ4v) is 5.58. The molecule has 174 valence electrons. The van der Waals surface area contributed by atoms with Crippen molar-refractivity contribution in [2.45, 2.75) is 39.2 Å². The number of carbonyl (C=O) groups is 1. The highest BCUT2D eigenvalue weighted by atomic mass is 16.6. The molecular weight excluding hydrogens is 428 g/mol. The van der Waals surface area contributed by atoms with Gasteiger partial charge in [0.1, 0.15) is 5.75 Å². The van der Waals surface area contributed by atoms with Gasteiger partial charge in [0.15, 0.2) is 5.60 Å². The first-order valence-corrected chi connectivity index (χ1v) is 12.1. The van der Waals surface area contributed by atoms with Gasteiger partial charge in [-0.1, -0.05) is 18.2 Å². The first kappa shape index (κ1) is 21.0. The van der Waals surface area contributed by atoms with Crippen LogP contribution in [0.5, 0.6) is 11.6 Å². The zero-order valence-corrected chi connectivity index (χ0v) is 19.8. The van der Waals surface area contributed by atoms with Crippen molar-refractivity contribution in [3.05, 3.63) is 70.4 Å². The molecule has 7 heteroatoms. The number of hydrogen-bond acceptors (Lipinski definition) is 7. The molecule has 1 aromatic heterocycles. The highest BCUT2D eigenvalue weighted by molar-refractivity contribution is 5.97. The molecule has 0 radical (unpaired) electrons. The summed E-state index contributed by atoms with van der Waals surface area (Å²) in [5.41, 5.74) is 3.57. The van der Waals surface area contributed by atoms with E-state index in [0.29, 0.717) is 28.7 Å². The van der Waals surface area contributed by atoms with E-state index < -0.39 is 5.60 Å². The summed E-state index contributed by atoms with van der Waals surface area (Å²) in [6.45, 7) is 9.86. The molecule has 0 N–H and O–H groups in total. The molecule has 0 saturated carbocycles. The van der Waals surface area contributed by atoms with Crippen molar-refractivity contribution in [3.8, 4) is 11.6 Å². The minimum atomic E-state index is -1.13. The predicted octanol–water partition coefficient (Wildman–Crippen LogP) is 4.80. The van der Waals surface area contributed by atoms with E-state index in [-0.39, 0.29) is 5.97 Å². The number of benzene rings is 2. The number of carbonyl (C=O) groups excluding carboxylic acids is 1. The molecular formula is C27H28N4O3. The van der Waals surface area contributed by atoms with Gasteiger partial charge in [0.05, 0.1) is 16.8 Å². The predicted molar refractivity (Wildman–Crippen MR) is 130 cm³/mol. The molecule has 0 aliphatic carbocycles. The Morgan fingerprint density at radius 2 is 1.79 bits per heavy atom.